The fourth-order valence-electron chi connectivity index (χ4n) is 2.00. The molecule has 0 bridgehead atoms. The quantitative estimate of drug-likeness (QED) is 0.738. The maximum absolute atomic E-state index is 5.49. The molecule has 0 saturated heterocycles. The molecule has 4 nitrogen and oxygen atoms in total. The van der Waals surface area contributed by atoms with Crippen LogP contribution in [-0.2, 0) is 16.0 Å². The number of rotatable bonds is 6. The van der Waals surface area contributed by atoms with Gasteiger partial charge in [-0.3, -0.25) is 0 Å². The number of hydrogen-bond donors (Lipinski definition) is 0. The molecule has 0 amide bonds. The molecular weight excluding hydrogens is 230 g/mol. The summed E-state index contributed by atoms with van der Waals surface area (Å²) in [6.07, 6.45) is 1.80. The molecular formula is C14H19NO3. The van der Waals surface area contributed by atoms with Crippen LogP contribution in [0.25, 0.3) is 10.9 Å². The van der Waals surface area contributed by atoms with Crippen LogP contribution >= 0.6 is 0 Å². The molecule has 0 aliphatic heterocycles. The molecule has 0 saturated carbocycles. The Balaban J connectivity index is 2.25. The van der Waals surface area contributed by atoms with Crippen LogP contribution in [0.4, 0.5) is 0 Å². The van der Waals surface area contributed by atoms with Crippen LogP contribution in [-0.4, -0.2) is 31.7 Å². The zero-order valence-corrected chi connectivity index (χ0v) is 11.1. The zero-order chi connectivity index (χ0) is 13.0. The highest BCUT2D eigenvalue weighted by Gasteiger charge is 2.09. The average Bonchev–Trinajstić information content (AvgIpc) is 2.78. The number of methoxy groups -OCH3 is 2. The third kappa shape index (κ3) is 2.66. The zero-order valence-electron chi connectivity index (χ0n) is 11.1. The number of aromatic nitrogens is 1. The van der Waals surface area contributed by atoms with Crippen molar-refractivity contribution >= 4 is 10.9 Å². The molecule has 0 spiro atoms. The van der Waals surface area contributed by atoms with E-state index in [9.17, 15) is 0 Å². The van der Waals surface area contributed by atoms with E-state index in [1.807, 2.05) is 25.3 Å². The Bertz CT molecular complexity index is 503. The Morgan fingerprint density at radius 2 is 1.94 bits per heavy atom. The lowest BCUT2D eigenvalue weighted by atomic mass is 10.2. The van der Waals surface area contributed by atoms with Gasteiger partial charge in [-0.1, -0.05) is 0 Å². The molecule has 2 aromatic rings. The molecule has 0 radical (unpaired) electrons. The second-order valence-electron chi connectivity index (χ2n) is 4.02. The lowest BCUT2D eigenvalue weighted by molar-refractivity contribution is -0.110. The van der Waals surface area contributed by atoms with Gasteiger partial charge in [0.15, 0.2) is 6.29 Å². The molecule has 98 valence electrons. The van der Waals surface area contributed by atoms with Gasteiger partial charge < -0.3 is 18.8 Å². The third-order valence-corrected chi connectivity index (χ3v) is 2.93. The highest BCUT2D eigenvalue weighted by atomic mass is 16.7. The Hall–Kier alpha value is -1.52. The van der Waals surface area contributed by atoms with E-state index in [0.29, 0.717) is 13.2 Å². The Morgan fingerprint density at radius 3 is 2.61 bits per heavy atom. The molecule has 0 atom stereocenters. The topological polar surface area (TPSA) is 32.6 Å². The first-order valence-corrected chi connectivity index (χ1v) is 6.05. The SMILES string of the molecule is CCOc1ccc2c(ccn2CC(OC)OC)c1. The first kappa shape index (κ1) is 12.9. The Morgan fingerprint density at radius 1 is 1.17 bits per heavy atom. The second-order valence-corrected chi connectivity index (χ2v) is 4.02. The van der Waals surface area contributed by atoms with Gasteiger partial charge >= 0.3 is 0 Å². The first-order chi connectivity index (χ1) is 8.78. The largest absolute Gasteiger partial charge is 0.494 e. The number of nitrogens with zero attached hydrogens (tertiary/aromatic N) is 1. The second kappa shape index (κ2) is 5.89. The maximum atomic E-state index is 5.49. The van der Waals surface area contributed by atoms with Gasteiger partial charge in [-0.15, -0.1) is 0 Å². The predicted molar refractivity (Wildman–Crippen MR) is 70.9 cm³/mol. The van der Waals surface area contributed by atoms with Gasteiger partial charge in [0.05, 0.1) is 13.2 Å². The molecule has 4 heteroatoms. The predicted octanol–water partition coefficient (Wildman–Crippen LogP) is 2.66. The molecule has 1 aromatic heterocycles. The first-order valence-electron chi connectivity index (χ1n) is 6.05. The van der Waals surface area contributed by atoms with Gasteiger partial charge in [0, 0.05) is 31.3 Å². The summed E-state index contributed by atoms with van der Waals surface area (Å²) in [4.78, 5) is 0. The summed E-state index contributed by atoms with van der Waals surface area (Å²) in [5, 5.41) is 1.16. The van der Waals surface area contributed by atoms with Crippen LogP contribution in [0.3, 0.4) is 0 Å². The van der Waals surface area contributed by atoms with Crippen molar-refractivity contribution in [2.45, 2.75) is 19.8 Å². The Kier molecular flexibility index (Phi) is 4.23. The highest BCUT2D eigenvalue weighted by molar-refractivity contribution is 5.81. The summed E-state index contributed by atoms with van der Waals surface area (Å²) >= 11 is 0. The molecule has 18 heavy (non-hydrogen) atoms. The van der Waals surface area contributed by atoms with Crippen molar-refractivity contribution in [3.05, 3.63) is 30.5 Å². The normalized spacial score (nSPS) is 11.3. The van der Waals surface area contributed by atoms with Crippen molar-refractivity contribution in [1.82, 2.24) is 4.57 Å². The number of hydrogen-bond acceptors (Lipinski definition) is 3. The molecule has 0 aliphatic carbocycles. The standard InChI is InChI=1S/C14H19NO3/c1-4-18-12-5-6-13-11(9-12)7-8-15(13)10-14(16-2)17-3/h5-9,14H,4,10H2,1-3H3. The van der Waals surface area contributed by atoms with Gasteiger partial charge in [0.25, 0.3) is 0 Å². The van der Waals surface area contributed by atoms with Crippen LogP contribution in [0.2, 0.25) is 0 Å². The minimum Gasteiger partial charge on any atom is -0.494 e. The van der Waals surface area contributed by atoms with Crippen molar-refractivity contribution in [2.75, 3.05) is 20.8 Å². The van der Waals surface area contributed by atoms with Crippen LogP contribution in [0.1, 0.15) is 6.92 Å². The van der Waals surface area contributed by atoms with Crippen molar-refractivity contribution in [3.8, 4) is 5.75 Å². The molecule has 0 N–H and O–H groups in total. The molecule has 0 fully saturated rings. The van der Waals surface area contributed by atoms with E-state index >= 15 is 0 Å². The summed E-state index contributed by atoms with van der Waals surface area (Å²) in [5.74, 6) is 0.901. The van der Waals surface area contributed by atoms with Crippen LogP contribution in [0.5, 0.6) is 5.75 Å². The van der Waals surface area contributed by atoms with Crippen molar-refractivity contribution in [3.63, 3.8) is 0 Å². The van der Waals surface area contributed by atoms with E-state index in [-0.39, 0.29) is 6.29 Å². The minimum atomic E-state index is -0.229. The number of benzene rings is 1. The summed E-state index contributed by atoms with van der Waals surface area (Å²) in [6.45, 7) is 3.34. The average molecular weight is 249 g/mol. The molecule has 1 aromatic carbocycles. The number of ether oxygens (including phenoxy) is 3. The van der Waals surface area contributed by atoms with Crippen LogP contribution < -0.4 is 4.74 Å². The van der Waals surface area contributed by atoms with E-state index in [0.717, 1.165) is 16.7 Å². The van der Waals surface area contributed by atoms with Gasteiger partial charge in [-0.2, -0.15) is 0 Å². The van der Waals surface area contributed by atoms with Gasteiger partial charge in [-0.25, -0.2) is 0 Å². The third-order valence-electron chi connectivity index (χ3n) is 2.93. The summed E-state index contributed by atoms with van der Waals surface area (Å²) in [7, 11) is 3.29. The van der Waals surface area contributed by atoms with Gasteiger partial charge in [0.2, 0.25) is 0 Å². The van der Waals surface area contributed by atoms with Crippen molar-refractivity contribution in [2.24, 2.45) is 0 Å². The van der Waals surface area contributed by atoms with Gasteiger partial charge in [0.1, 0.15) is 5.75 Å². The van der Waals surface area contributed by atoms with E-state index in [2.05, 4.69) is 16.7 Å². The monoisotopic (exact) mass is 249 g/mol. The van der Waals surface area contributed by atoms with Gasteiger partial charge in [-0.05, 0) is 31.2 Å². The van der Waals surface area contributed by atoms with E-state index in [1.165, 1.54) is 0 Å². The maximum Gasteiger partial charge on any atom is 0.174 e. The van der Waals surface area contributed by atoms with Crippen molar-refractivity contribution < 1.29 is 14.2 Å². The van der Waals surface area contributed by atoms with E-state index in [1.54, 1.807) is 14.2 Å². The van der Waals surface area contributed by atoms with Crippen LogP contribution in [0, 0.1) is 0 Å². The smallest absolute Gasteiger partial charge is 0.174 e. The van der Waals surface area contributed by atoms with E-state index < -0.39 is 0 Å². The van der Waals surface area contributed by atoms with Crippen molar-refractivity contribution in [1.29, 1.82) is 0 Å². The van der Waals surface area contributed by atoms with E-state index in [4.69, 9.17) is 14.2 Å². The fraction of sp³-hybridized carbons (Fsp3) is 0.429. The Labute approximate surface area is 107 Å². The molecule has 0 unspecified atom stereocenters. The summed E-state index contributed by atoms with van der Waals surface area (Å²) in [6, 6.07) is 8.16. The molecule has 0 aliphatic rings. The lowest BCUT2D eigenvalue weighted by Crippen LogP contribution is -2.19. The summed E-state index contributed by atoms with van der Waals surface area (Å²) in [5.41, 5.74) is 1.15. The number of fused-ring (bicyclic) bond motifs is 1. The minimum absolute atomic E-state index is 0.229. The molecule has 2 rings (SSSR count). The summed E-state index contributed by atoms with van der Waals surface area (Å²) < 4.78 is 18.0. The van der Waals surface area contributed by atoms with Crippen LogP contribution in [0.15, 0.2) is 30.5 Å². The fourth-order valence-corrected chi connectivity index (χ4v) is 2.00. The molecule has 1 heterocycles. The highest BCUT2D eigenvalue weighted by Crippen LogP contribution is 2.22. The lowest BCUT2D eigenvalue weighted by Gasteiger charge is -2.15.